The van der Waals surface area contributed by atoms with Crippen molar-refractivity contribution >= 4 is 11.7 Å². The molecule has 0 unspecified atom stereocenters. The fourth-order valence-corrected chi connectivity index (χ4v) is 1.94. The molecule has 4 heteroatoms. The van der Waals surface area contributed by atoms with E-state index < -0.39 is 0 Å². The average molecular weight is 276 g/mol. The van der Waals surface area contributed by atoms with Crippen LogP contribution in [0.1, 0.15) is 53.3 Å². The van der Waals surface area contributed by atoms with E-state index in [-0.39, 0.29) is 11.7 Å². The summed E-state index contributed by atoms with van der Waals surface area (Å²) >= 11 is 0. The van der Waals surface area contributed by atoms with Crippen LogP contribution in [-0.4, -0.2) is 31.8 Å². The molecule has 0 aromatic heterocycles. The van der Waals surface area contributed by atoms with Gasteiger partial charge in [0.2, 0.25) is 0 Å². The number of Topliss-reactive ketones (excluding diaryl/α,β-unsaturated/α-hetero) is 1. The summed E-state index contributed by atoms with van der Waals surface area (Å²) in [5.74, 6) is -0.0612. The molecule has 1 rings (SSSR count). The number of carbonyl (C=O) groups excluding carboxylic acids is 2. The molecule has 0 atom stereocenters. The van der Waals surface area contributed by atoms with E-state index in [1.54, 1.807) is 24.3 Å². The van der Waals surface area contributed by atoms with Gasteiger partial charge in [-0.15, -0.1) is 0 Å². The van der Waals surface area contributed by atoms with Crippen molar-refractivity contribution in [2.24, 2.45) is 0 Å². The Hall–Kier alpha value is -1.68. The molecular formula is C16H24N2O2. The summed E-state index contributed by atoms with van der Waals surface area (Å²) in [6, 6.07) is 6.77. The van der Waals surface area contributed by atoms with Gasteiger partial charge in [0, 0.05) is 17.7 Å². The first-order valence-electron chi connectivity index (χ1n) is 7.19. The van der Waals surface area contributed by atoms with Crippen molar-refractivity contribution in [2.45, 2.75) is 32.6 Å². The Morgan fingerprint density at radius 2 is 1.45 bits per heavy atom. The number of unbranched alkanes of at least 4 members (excludes halogenated alkanes) is 3. The van der Waals surface area contributed by atoms with Crippen molar-refractivity contribution in [3.8, 4) is 0 Å². The third-order valence-electron chi connectivity index (χ3n) is 3.19. The van der Waals surface area contributed by atoms with Gasteiger partial charge in [-0.1, -0.05) is 25.0 Å². The van der Waals surface area contributed by atoms with Crippen LogP contribution in [0.5, 0.6) is 0 Å². The molecule has 0 aliphatic rings. The van der Waals surface area contributed by atoms with Crippen LogP contribution in [0, 0.1) is 0 Å². The van der Waals surface area contributed by atoms with Crippen LogP contribution >= 0.6 is 0 Å². The molecule has 0 saturated heterocycles. The van der Waals surface area contributed by atoms with Crippen molar-refractivity contribution in [3.63, 3.8) is 0 Å². The maximum absolute atomic E-state index is 11.9. The molecule has 1 aromatic rings. The molecule has 4 nitrogen and oxygen atoms in total. The first-order chi connectivity index (χ1) is 9.65. The molecule has 1 amide bonds. The van der Waals surface area contributed by atoms with Gasteiger partial charge in [-0.3, -0.25) is 9.59 Å². The Morgan fingerprint density at radius 1 is 0.900 bits per heavy atom. The van der Waals surface area contributed by atoms with Crippen LogP contribution in [0.25, 0.3) is 0 Å². The van der Waals surface area contributed by atoms with Crippen molar-refractivity contribution in [1.82, 2.24) is 10.6 Å². The van der Waals surface area contributed by atoms with Crippen LogP contribution in [0.3, 0.4) is 0 Å². The minimum Gasteiger partial charge on any atom is -0.352 e. The fourth-order valence-electron chi connectivity index (χ4n) is 1.94. The number of nitrogens with one attached hydrogen (secondary N) is 2. The van der Waals surface area contributed by atoms with Crippen LogP contribution in [0.15, 0.2) is 24.3 Å². The van der Waals surface area contributed by atoms with Crippen molar-refractivity contribution in [1.29, 1.82) is 0 Å². The van der Waals surface area contributed by atoms with Crippen LogP contribution in [0.2, 0.25) is 0 Å². The van der Waals surface area contributed by atoms with Gasteiger partial charge < -0.3 is 10.6 Å². The molecule has 0 saturated carbocycles. The van der Waals surface area contributed by atoms with E-state index in [9.17, 15) is 9.59 Å². The van der Waals surface area contributed by atoms with Gasteiger partial charge in [0.1, 0.15) is 0 Å². The standard InChI is InChI=1S/C16H24N2O2/c1-13(19)14-7-9-15(10-8-14)16(20)18-12-6-4-3-5-11-17-2/h7-10,17H,3-6,11-12H2,1-2H3,(H,18,20). The molecule has 0 radical (unpaired) electrons. The number of hydrogen-bond acceptors (Lipinski definition) is 3. The summed E-state index contributed by atoms with van der Waals surface area (Å²) in [5.41, 5.74) is 1.23. The molecule has 110 valence electrons. The SMILES string of the molecule is CNCCCCCCNC(=O)c1ccc(C(C)=O)cc1. The van der Waals surface area contributed by atoms with Gasteiger partial charge in [0.05, 0.1) is 0 Å². The lowest BCUT2D eigenvalue weighted by Crippen LogP contribution is -2.24. The minimum absolute atomic E-state index is 0.0125. The second kappa shape index (κ2) is 9.26. The average Bonchev–Trinajstić information content (AvgIpc) is 2.46. The van der Waals surface area contributed by atoms with Gasteiger partial charge in [-0.25, -0.2) is 0 Å². The zero-order valence-electron chi connectivity index (χ0n) is 12.4. The van der Waals surface area contributed by atoms with Crippen molar-refractivity contribution < 1.29 is 9.59 Å². The lowest BCUT2D eigenvalue weighted by Gasteiger charge is -2.06. The number of ketones is 1. The maximum atomic E-state index is 11.9. The van der Waals surface area contributed by atoms with Crippen LogP contribution < -0.4 is 10.6 Å². The van der Waals surface area contributed by atoms with Crippen LogP contribution in [0.4, 0.5) is 0 Å². The summed E-state index contributed by atoms with van der Waals surface area (Å²) in [6.45, 7) is 3.27. The number of benzene rings is 1. The van der Waals surface area contributed by atoms with Gasteiger partial charge >= 0.3 is 0 Å². The highest BCUT2D eigenvalue weighted by Crippen LogP contribution is 2.05. The molecule has 1 aromatic carbocycles. The summed E-state index contributed by atoms with van der Waals surface area (Å²) in [6.07, 6.45) is 4.49. The molecule has 0 bridgehead atoms. The Balaban J connectivity index is 2.24. The first kappa shape index (κ1) is 16.4. The van der Waals surface area contributed by atoms with Gasteiger partial charge in [-0.2, -0.15) is 0 Å². The Bertz CT molecular complexity index is 427. The highest BCUT2D eigenvalue weighted by Gasteiger charge is 2.05. The van der Waals surface area contributed by atoms with Gasteiger partial charge in [0.25, 0.3) is 5.91 Å². The predicted octanol–water partition coefficient (Wildman–Crippen LogP) is 2.40. The van der Waals surface area contributed by atoms with E-state index in [1.165, 1.54) is 19.8 Å². The highest BCUT2D eigenvalue weighted by molar-refractivity contribution is 5.97. The van der Waals surface area contributed by atoms with E-state index in [1.807, 2.05) is 7.05 Å². The number of rotatable bonds is 9. The maximum Gasteiger partial charge on any atom is 0.251 e. The Kier molecular flexibility index (Phi) is 7.58. The van der Waals surface area contributed by atoms with E-state index in [4.69, 9.17) is 0 Å². The fraction of sp³-hybridized carbons (Fsp3) is 0.500. The zero-order chi connectivity index (χ0) is 14.8. The second-order valence-electron chi connectivity index (χ2n) is 4.91. The molecule has 0 aliphatic carbocycles. The molecule has 20 heavy (non-hydrogen) atoms. The number of carbonyl (C=O) groups is 2. The smallest absolute Gasteiger partial charge is 0.251 e. The van der Waals surface area contributed by atoms with Crippen molar-refractivity contribution in [2.75, 3.05) is 20.1 Å². The highest BCUT2D eigenvalue weighted by atomic mass is 16.1. The molecular weight excluding hydrogens is 252 g/mol. The summed E-state index contributed by atoms with van der Waals surface area (Å²) in [4.78, 5) is 23.0. The molecule has 0 heterocycles. The van der Waals surface area contributed by atoms with E-state index >= 15 is 0 Å². The summed E-state index contributed by atoms with van der Waals surface area (Å²) in [7, 11) is 1.96. The van der Waals surface area contributed by atoms with Crippen molar-refractivity contribution in [3.05, 3.63) is 35.4 Å². The minimum atomic E-state index is -0.0738. The monoisotopic (exact) mass is 276 g/mol. The normalized spacial score (nSPS) is 10.3. The lowest BCUT2D eigenvalue weighted by atomic mass is 10.1. The number of hydrogen-bond donors (Lipinski definition) is 2. The predicted molar refractivity (Wildman–Crippen MR) is 81.2 cm³/mol. The Labute approximate surface area is 121 Å². The van der Waals surface area contributed by atoms with Gasteiger partial charge in [-0.05, 0) is 45.5 Å². The first-order valence-corrected chi connectivity index (χ1v) is 7.19. The third kappa shape index (κ3) is 5.97. The third-order valence-corrected chi connectivity index (χ3v) is 3.19. The zero-order valence-corrected chi connectivity index (χ0v) is 12.4. The van der Waals surface area contributed by atoms with E-state index in [0.717, 1.165) is 19.4 Å². The number of amides is 1. The van der Waals surface area contributed by atoms with E-state index in [0.29, 0.717) is 17.7 Å². The Morgan fingerprint density at radius 3 is 2.00 bits per heavy atom. The quantitative estimate of drug-likeness (QED) is 0.538. The summed E-state index contributed by atoms with van der Waals surface area (Å²) < 4.78 is 0. The van der Waals surface area contributed by atoms with Gasteiger partial charge in [0.15, 0.2) is 5.78 Å². The van der Waals surface area contributed by atoms with Crippen LogP contribution in [-0.2, 0) is 0 Å². The topological polar surface area (TPSA) is 58.2 Å². The summed E-state index contributed by atoms with van der Waals surface area (Å²) in [5, 5.41) is 6.02. The largest absolute Gasteiger partial charge is 0.352 e. The molecule has 0 aliphatic heterocycles. The lowest BCUT2D eigenvalue weighted by molar-refractivity contribution is 0.0950. The molecule has 0 fully saturated rings. The second-order valence-corrected chi connectivity index (χ2v) is 4.91. The molecule has 2 N–H and O–H groups in total. The van der Waals surface area contributed by atoms with E-state index in [2.05, 4.69) is 10.6 Å². The molecule has 0 spiro atoms.